The van der Waals surface area contributed by atoms with Crippen LogP contribution in [-0.4, -0.2) is 20.9 Å². The maximum absolute atomic E-state index is 11.3. The number of carbonyl (C=O) groups excluding carboxylic acids is 1. The first-order valence-corrected chi connectivity index (χ1v) is 5.45. The molecule has 0 aliphatic rings. The smallest absolute Gasteiger partial charge is 0.251 e. The van der Waals surface area contributed by atoms with Crippen LogP contribution in [-0.2, 0) is 0 Å². The van der Waals surface area contributed by atoms with Gasteiger partial charge in [0.15, 0.2) is 5.65 Å². The molecule has 88 valence electrons. The number of amides is 1. The minimum Gasteiger partial charge on any atom is -0.366 e. The average Bonchev–Trinajstić information content (AvgIpc) is 2.83. The first-order chi connectivity index (χ1) is 8.75. The zero-order chi connectivity index (χ0) is 12.5. The van der Waals surface area contributed by atoms with Gasteiger partial charge in [-0.1, -0.05) is 30.3 Å². The number of hydrogen-bond acceptors (Lipinski definition) is 3. The molecule has 0 saturated carbocycles. The van der Waals surface area contributed by atoms with Crippen LogP contribution in [0.4, 0.5) is 0 Å². The Balaban J connectivity index is 2.23. The summed E-state index contributed by atoms with van der Waals surface area (Å²) in [4.78, 5) is 22.9. The lowest BCUT2D eigenvalue weighted by atomic mass is 10.2. The van der Waals surface area contributed by atoms with E-state index in [0.29, 0.717) is 22.6 Å². The van der Waals surface area contributed by atoms with Crippen molar-refractivity contribution in [2.75, 3.05) is 0 Å². The van der Waals surface area contributed by atoms with Crippen molar-refractivity contribution < 1.29 is 4.79 Å². The Morgan fingerprint density at radius 3 is 2.67 bits per heavy atom. The Hall–Kier alpha value is -2.69. The number of fused-ring (bicyclic) bond motifs is 1. The number of aromatic nitrogens is 3. The summed E-state index contributed by atoms with van der Waals surface area (Å²) in [5.74, 6) is 0.178. The number of nitrogens with one attached hydrogen (secondary N) is 1. The fourth-order valence-electron chi connectivity index (χ4n) is 1.85. The molecule has 0 radical (unpaired) electrons. The van der Waals surface area contributed by atoms with Crippen LogP contribution in [0.1, 0.15) is 10.4 Å². The highest BCUT2D eigenvalue weighted by atomic mass is 16.1. The van der Waals surface area contributed by atoms with Crippen molar-refractivity contribution in [1.82, 2.24) is 15.0 Å². The molecule has 0 bridgehead atoms. The summed E-state index contributed by atoms with van der Waals surface area (Å²) in [6, 6.07) is 11.2. The van der Waals surface area contributed by atoms with Crippen LogP contribution in [0.5, 0.6) is 0 Å². The molecule has 3 aromatic rings. The van der Waals surface area contributed by atoms with Gasteiger partial charge < -0.3 is 10.7 Å². The maximum atomic E-state index is 11.3. The van der Waals surface area contributed by atoms with Gasteiger partial charge in [-0.05, 0) is 6.07 Å². The quantitative estimate of drug-likeness (QED) is 0.712. The zero-order valence-electron chi connectivity index (χ0n) is 9.42. The third kappa shape index (κ3) is 1.62. The number of hydrogen-bond donors (Lipinski definition) is 2. The number of imidazole rings is 1. The SMILES string of the molecule is NC(=O)c1ccnc2nc(-c3ccccc3)[nH]c12. The number of primary amides is 1. The molecular weight excluding hydrogens is 228 g/mol. The molecular formula is C13H10N4O. The highest BCUT2D eigenvalue weighted by Gasteiger charge is 2.12. The summed E-state index contributed by atoms with van der Waals surface area (Å²) >= 11 is 0. The Bertz CT molecular complexity index is 718. The van der Waals surface area contributed by atoms with Gasteiger partial charge in [0.1, 0.15) is 5.82 Å². The van der Waals surface area contributed by atoms with E-state index in [1.807, 2.05) is 30.3 Å². The topological polar surface area (TPSA) is 84.7 Å². The predicted octanol–water partition coefficient (Wildman–Crippen LogP) is 1.72. The first-order valence-electron chi connectivity index (χ1n) is 5.45. The van der Waals surface area contributed by atoms with E-state index in [4.69, 9.17) is 5.73 Å². The fraction of sp³-hybridized carbons (Fsp3) is 0. The van der Waals surface area contributed by atoms with Crippen molar-refractivity contribution in [2.45, 2.75) is 0 Å². The van der Waals surface area contributed by atoms with Gasteiger partial charge in [0.05, 0.1) is 11.1 Å². The molecule has 0 unspecified atom stereocenters. The standard InChI is InChI=1S/C13H10N4O/c14-11(18)9-6-7-15-13-10(9)16-12(17-13)8-4-2-1-3-5-8/h1-7H,(H2,14,18)(H,15,16,17). The number of pyridine rings is 1. The molecule has 2 aromatic heterocycles. The number of rotatable bonds is 2. The molecule has 0 atom stereocenters. The number of aromatic amines is 1. The molecule has 5 nitrogen and oxygen atoms in total. The van der Waals surface area contributed by atoms with E-state index in [9.17, 15) is 4.79 Å². The molecule has 3 N–H and O–H groups in total. The van der Waals surface area contributed by atoms with Gasteiger partial charge in [0, 0.05) is 11.8 Å². The van der Waals surface area contributed by atoms with Crippen LogP contribution in [0, 0.1) is 0 Å². The van der Waals surface area contributed by atoms with Crippen molar-refractivity contribution in [3.05, 3.63) is 48.2 Å². The summed E-state index contributed by atoms with van der Waals surface area (Å²) < 4.78 is 0. The van der Waals surface area contributed by atoms with Crippen LogP contribution in [0.15, 0.2) is 42.6 Å². The summed E-state index contributed by atoms with van der Waals surface area (Å²) in [7, 11) is 0. The lowest BCUT2D eigenvalue weighted by Crippen LogP contribution is -2.11. The number of carbonyl (C=O) groups is 1. The molecule has 5 heteroatoms. The molecule has 0 aliphatic heterocycles. The second-order valence-electron chi connectivity index (χ2n) is 3.87. The summed E-state index contributed by atoms with van der Waals surface area (Å²) in [5, 5.41) is 0. The highest BCUT2D eigenvalue weighted by Crippen LogP contribution is 2.20. The van der Waals surface area contributed by atoms with Gasteiger partial charge in [0.25, 0.3) is 5.91 Å². The van der Waals surface area contributed by atoms with Gasteiger partial charge in [-0.2, -0.15) is 0 Å². The van der Waals surface area contributed by atoms with Gasteiger partial charge in [-0.15, -0.1) is 0 Å². The van der Waals surface area contributed by atoms with Gasteiger partial charge >= 0.3 is 0 Å². The van der Waals surface area contributed by atoms with E-state index in [1.165, 1.54) is 6.20 Å². The number of nitrogens with two attached hydrogens (primary N) is 1. The van der Waals surface area contributed by atoms with Crippen LogP contribution >= 0.6 is 0 Å². The Morgan fingerprint density at radius 2 is 1.94 bits per heavy atom. The minimum absolute atomic E-state index is 0.398. The van der Waals surface area contributed by atoms with Gasteiger partial charge in [-0.25, -0.2) is 9.97 Å². The predicted molar refractivity (Wildman–Crippen MR) is 67.8 cm³/mol. The Labute approximate surface area is 103 Å². The third-order valence-electron chi connectivity index (χ3n) is 2.70. The van der Waals surface area contributed by atoms with E-state index in [2.05, 4.69) is 15.0 Å². The molecule has 0 fully saturated rings. The van der Waals surface area contributed by atoms with Crippen molar-refractivity contribution in [2.24, 2.45) is 5.73 Å². The highest BCUT2D eigenvalue weighted by molar-refractivity contribution is 6.03. The van der Waals surface area contributed by atoms with E-state index in [0.717, 1.165) is 5.56 Å². The monoisotopic (exact) mass is 238 g/mol. The average molecular weight is 238 g/mol. The first kappa shape index (κ1) is 10.5. The van der Waals surface area contributed by atoms with E-state index in [1.54, 1.807) is 6.07 Å². The van der Waals surface area contributed by atoms with Crippen molar-refractivity contribution >= 4 is 17.1 Å². The second-order valence-corrected chi connectivity index (χ2v) is 3.87. The van der Waals surface area contributed by atoms with Crippen LogP contribution < -0.4 is 5.73 Å². The molecule has 3 rings (SSSR count). The van der Waals surface area contributed by atoms with Crippen LogP contribution in [0.3, 0.4) is 0 Å². The minimum atomic E-state index is -0.495. The zero-order valence-corrected chi connectivity index (χ0v) is 9.42. The number of H-pyrrole nitrogens is 1. The molecule has 0 aliphatic carbocycles. The normalized spacial score (nSPS) is 10.7. The summed E-state index contributed by atoms with van der Waals surface area (Å²) in [6.45, 7) is 0. The largest absolute Gasteiger partial charge is 0.366 e. The number of nitrogens with zero attached hydrogens (tertiary/aromatic N) is 2. The lowest BCUT2D eigenvalue weighted by Gasteiger charge is -1.95. The van der Waals surface area contributed by atoms with E-state index in [-0.39, 0.29) is 0 Å². The second kappa shape index (κ2) is 3.96. The molecule has 0 saturated heterocycles. The fourth-order valence-corrected chi connectivity index (χ4v) is 1.85. The van der Waals surface area contributed by atoms with Crippen molar-refractivity contribution in [3.8, 4) is 11.4 Å². The van der Waals surface area contributed by atoms with Gasteiger partial charge in [-0.3, -0.25) is 4.79 Å². The maximum Gasteiger partial charge on any atom is 0.251 e. The Morgan fingerprint density at radius 1 is 1.17 bits per heavy atom. The molecule has 1 aromatic carbocycles. The molecule has 18 heavy (non-hydrogen) atoms. The van der Waals surface area contributed by atoms with Crippen LogP contribution in [0.2, 0.25) is 0 Å². The molecule has 0 spiro atoms. The van der Waals surface area contributed by atoms with Crippen molar-refractivity contribution in [1.29, 1.82) is 0 Å². The number of benzene rings is 1. The lowest BCUT2D eigenvalue weighted by molar-refractivity contribution is 0.100. The van der Waals surface area contributed by atoms with E-state index < -0.39 is 5.91 Å². The van der Waals surface area contributed by atoms with Crippen molar-refractivity contribution in [3.63, 3.8) is 0 Å². The summed E-state index contributed by atoms with van der Waals surface area (Å²) in [5.41, 5.74) is 7.71. The summed E-state index contributed by atoms with van der Waals surface area (Å²) in [6.07, 6.45) is 1.53. The molecule has 2 heterocycles. The van der Waals surface area contributed by atoms with Crippen LogP contribution in [0.25, 0.3) is 22.6 Å². The molecule has 1 amide bonds. The Kier molecular flexibility index (Phi) is 2.30. The third-order valence-corrected chi connectivity index (χ3v) is 2.70. The van der Waals surface area contributed by atoms with E-state index >= 15 is 0 Å². The van der Waals surface area contributed by atoms with Gasteiger partial charge in [0.2, 0.25) is 0 Å².